The SMILES string of the molecule is CCCCN(CC)c1ncc(NS(=O)(=O)CC)cc1C(=O)O. The van der Waals surface area contributed by atoms with Crippen LogP contribution in [0.15, 0.2) is 12.3 Å². The number of aromatic carboxylic acids is 1. The number of carboxylic acid groups (broad SMARTS) is 1. The van der Waals surface area contributed by atoms with Crippen LogP contribution in [0.25, 0.3) is 0 Å². The Morgan fingerprint density at radius 2 is 2.05 bits per heavy atom. The third-order valence-corrected chi connectivity index (χ3v) is 4.52. The van der Waals surface area contributed by atoms with Gasteiger partial charge in [-0.3, -0.25) is 4.72 Å². The number of pyridine rings is 1. The molecule has 0 aromatic carbocycles. The van der Waals surface area contributed by atoms with Gasteiger partial charge in [0.2, 0.25) is 10.0 Å². The van der Waals surface area contributed by atoms with Crippen LogP contribution >= 0.6 is 0 Å². The molecule has 0 amide bonds. The normalized spacial score (nSPS) is 11.2. The summed E-state index contributed by atoms with van der Waals surface area (Å²) in [5, 5.41) is 9.37. The highest BCUT2D eigenvalue weighted by molar-refractivity contribution is 7.92. The zero-order valence-corrected chi connectivity index (χ0v) is 14.0. The van der Waals surface area contributed by atoms with Crippen LogP contribution in [-0.2, 0) is 10.0 Å². The molecule has 8 heteroatoms. The van der Waals surface area contributed by atoms with E-state index in [1.165, 1.54) is 19.2 Å². The molecule has 0 aliphatic carbocycles. The first kappa shape index (κ1) is 18.2. The fraction of sp³-hybridized carbons (Fsp3) is 0.571. The molecular weight excluding hydrogens is 306 g/mol. The molecule has 1 rings (SSSR count). The lowest BCUT2D eigenvalue weighted by atomic mass is 10.2. The zero-order valence-electron chi connectivity index (χ0n) is 13.2. The molecule has 0 saturated heterocycles. The first-order valence-corrected chi connectivity index (χ1v) is 8.98. The molecule has 0 unspecified atom stereocenters. The number of sulfonamides is 1. The number of carboxylic acids is 1. The second-order valence-electron chi connectivity index (χ2n) is 4.84. The Kier molecular flexibility index (Phi) is 6.61. The average molecular weight is 329 g/mol. The molecule has 0 fully saturated rings. The predicted molar refractivity (Wildman–Crippen MR) is 87.1 cm³/mol. The summed E-state index contributed by atoms with van der Waals surface area (Å²) in [6, 6.07) is 1.31. The first-order chi connectivity index (χ1) is 10.3. The van der Waals surface area contributed by atoms with Gasteiger partial charge < -0.3 is 10.0 Å². The number of aromatic nitrogens is 1. The van der Waals surface area contributed by atoms with Crippen molar-refractivity contribution in [1.29, 1.82) is 0 Å². The zero-order chi connectivity index (χ0) is 16.8. The summed E-state index contributed by atoms with van der Waals surface area (Å²) in [5.41, 5.74) is 0.156. The van der Waals surface area contributed by atoms with Gasteiger partial charge in [0.25, 0.3) is 0 Å². The van der Waals surface area contributed by atoms with Gasteiger partial charge in [-0.25, -0.2) is 18.2 Å². The Hall–Kier alpha value is -1.83. The lowest BCUT2D eigenvalue weighted by Gasteiger charge is -2.23. The lowest BCUT2D eigenvalue weighted by Crippen LogP contribution is -2.27. The van der Waals surface area contributed by atoms with E-state index >= 15 is 0 Å². The van der Waals surface area contributed by atoms with Crippen LogP contribution in [0.4, 0.5) is 11.5 Å². The topological polar surface area (TPSA) is 99.6 Å². The summed E-state index contributed by atoms with van der Waals surface area (Å²) in [6.45, 7) is 6.83. The molecule has 124 valence electrons. The monoisotopic (exact) mass is 329 g/mol. The molecule has 22 heavy (non-hydrogen) atoms. The Morgan fingerprint density at radius 1 is 1.36 bits per heavy atom. The van der Waals surface area contributed by atoms with E-state index in [1.807, 2.05) is 11.8 Å². The van der Waals surface area contributed by atoms with Crippen molar-refractivity contribution in [1.82, 2.24) is 4.98 Å². The molecule has 0 radical (unpaired) electrons. The van der Waals surface area contributed by atoms with Crippen molar-refractivity contribution in [3.8, 4) is 0 Å². The molecule has 0 aliphatic rings. The van der Waals surface area contributed by atoms with Crippen molar-refractivity contribution in [2.24, 2.45) is 0 Å². The van der Waals surface area contributed by atoms with E-state index in [-0.39, 0.29) is 17.0 Å². The van der Waals surface area contributed by atoms with Crippen LogP contribution in [0.5, 0.6) is 0 Å². The number of unbranched alkanes of at least 4 members (excludes halogenated alkanes) is 1. The van der Waals surface area contributed by atoms with Gasteiger partial charge in [0.15, 0.2) is 0 Å². The number of carbonyl (C=O) groups is 1. The van der Waals surface area contributed by atoms with E-state index in [9.17, 15) is 18.3 Å². The Morgan fingerprint density at radius 3 is 2.55 bits per heavy atom. The largest absolute Gasteiger partial charge is 0.478 e. The minimum atomic E-state index is -3.46. The summed E-state index contributed by atoms with van der Waals surface area (Å²) in [6.07, 6.45) is 3.27. The molecule has 1 heterocycles. The molecule has 7 nitrogen and oxygen atoms in total. The first-order valence-electron chi connectivity index (χ1n) is 7.33. The smallest absolute Gasteiger partial charge is 0.339 e. The van der Waals surface area contributed by atoms with Crippen molar-refractivity contribution < 1.29 is 18.3 Å². The van der Waals surface area contributed by atoms with Gasteiger partial charge in [0, 0.05) is 13.1 Å². The Balaban J connectivity index is 3.17. The summed E-state index contributed by atoms with van der Waals surface area (Å²) in [7, 11) is -3.46. The third kappa shape index (κ3) is 4.87. The molecule has 0 bridgehead atoms. The van der Waals surface area contributed by atoms with E-state index in [0.29, 0.717) is 18.9 Å². The number of rotatable bonds is 9. The second-order valence-corrected chi connectivity index (χ2v) is 6.85. The van der Waals surface area contributed by atoms with Crippen LogP contribution in [0.1, 0.15) is 44.0 Å². The van der Waals surface area contributed by atoms with Gasteiger partial charge in [0.05, 0.1) is 17.6 Å². The van der Waals surface area contributed by atoms with Crippen LogP contribution in [0.2, 0.25) is 0 Å². The van der Waals surface area contributed by atoms with Crippen LogP contribution in [-0.4, -0.2) is 43.3 Å². The van der Waals surface area contributed by atoms with E-state index in [4.69, 9.17) is 0 Å². The number of hydrogen-bond donors (Lipinski definition) is 2. The summed E-state index contributed by atoms with van der Waals surface area (Å²) >= 11 is 0. The standard InChI is InChI=1S/C14H23N3O4S/c1-4-7-8-17(5-2)13-12(14(18)19)9-11(10-15-13)16-22(20,21)6-3/h9-10,16H,4-8H2,1-3H3,(H,18,19). The van der Waals surface area contributed by atoms with Crippen LogP contribution < -0.4 is 9.62 Å². The van der Waals surface area contributed by atoms with E-state index < -0.39 is 16.0 Å². The summed E-state index contributed by atoms with van der Waals surface area (Å²) in [4.78, 5) is 17.5. The number of nitrogens with zero attached hydrogens (tertiary/aromatic N) is 2. The number of hydrogen-bond acceptors (Lipinski definition) is 5. The summed E-state index contributed by atoms with van der Waals surface area (Å²) < 4.78 is 25.5. The third-order valence-electron chi connectivity index (χ3n) is 3.21. The van der Waals surface area contributed by atoms with Crippen LogP contribution in [0, 0.1) is 0 Å². The maximum atomic E-state index is 11.6. The van der Waals surface area contributed by atoms with E-state index in [0.717, 1.165) is 12.8 Å². The minimum Gasteiger partial charge on any atom is -0.478 e. The van der Waals surface area contributed by atoms with Gasteiger partial charge in [0.1, 0.15) is 11.4 Å². The van der Waals surface area contributed by atoms with Crippen molar-refractivity contribution >= 4 is 27.5 Å². The Bertz CT molecular complexity index is 617. The van der Waals surface area contributed by atoms with Crippen molar-refractivity contribution in [3.63, 3.8) is 0 Å². The van der Waals surface area contributed by atoms with Crippen molar-refractivity contribution in [2.45, 2.75) is 33.6 Å². The highest BCUT2D eigenvalue weighted by Crippen LogP contribution is 2.22. The quantitative estimate of drug-likeness (QED) is 0.720. The van der Waals surface area contributed by atoms with Crippen LogP contribution in [0.3, 0.4) is 0 Å². The van der Waals surface area contributed by atoms with Crippen molar-refractivity contribution in [2.75, 3.05) is 28.5 Å². The molecule has 1 aromatic rings. The molecule has 1 aromatic heterocycles. The average Bonchev–Trinajstić information content (AvgIpc) is 2.48. The molecular formula is C14H23N3O4S. The van der Waals surface area contributed by atoms with E-state index in [1.54, 1.807) is 0 Å². The lowest BCUT2D eigenvalue weighted by molar-refractivity contribution is 0.0697. The second kappa shape index (κ2) is 7.98. The fourth-order valence-electron chi connectivity index (χ4n) is 1.94. The van der Waals surface area contributed by atoms with Gasteiger partial charge >= 0.3 is 5.97 Å². The number of nitrogens with one attached hydrogen (secondary N) is 1. The van der Waals surface area contributed by atoms with Crippen molar-refractivity contribution in [3.05, 3.63) is 17.8 Å². The van der Waals surface area contributed by atoms with Gasteiger partial charge in [-0.2, -0.15) is 0 Å². The molecule has 0 atom stereocenters. The molecule has 0 spiro atoms. The maximum absolute atomic E-state index is 11.6. The molecule has 2 N–H and O–H groups in total. The summed E-state index contributed by atoms with van der Waals surface area (Å²) in [5.74, 6) is -0.854. The Labute approximate surface area is 131 Å². The maximum Gasteiger partial charge on any atom is 0.339 e. The highest BCUT2D eigenvalue weighted by atomic mass is 32.2. The molecule has 0 aliphatic heterocycles. The van der Waals surface area contributed by atoms with Gasteiger partial charge in [-0.15, -0.1) is 0 Å². The van der Waals surface area contributed by atoms with Gasteiger partial charge in [-0.05, 0) is 26.3 Å². The highest BCUT2D eigenvalue weighted by Gasteiger charge is 2.18. The molecule has 0 saturated carbocycles. The van der Waals surface area contributed by atoms with Gasteiger partial charge in [-0.1, -0.05) is 13.3 Å². The fourth-order valence-corrected chi connectivity index (χ4v) is 2.55. The van der Waals surface area contributed by atoms with E-state index in [2.05, 4.69) is 16.6 Å². The predicted octanol–water partition coefficient (Wildman–Crippen LogP) is 2.17. The number of anilines is 2. The minimum absolute atomic E-state index is 0.00532.